The monoisotopic (exact) mass is 433 g/mol. The van der Waals surface area contributed by atoms with Gasteiger partial charge in [-0.3, -0.25) is 14.3 Å². The fraction of sp³-hybridized carbons (Fsp3) is 0.217. The zero-order chi connectivity index (χ0) is 23.0. The van der Waals surface area contributed by atoms with Crippen molar-refractivity contribution in [2.45, 2.75) is 6.92 Å². The molecule has 0 unspecified atom stereocenters. The number of pyridine rings is 1. The van der Waals surface area contributed by atoms with E-state index in [0.29, 0.717) is 50.7 Å². The van der Waals surface area contributed by atoms with Crippen LogP contribution in [0.2, 0.25) is 0 Å². The lowest BCUT2D eigenvalue weighted by molar-refractivity contribution is 0.0827. The van der Waals surface area contributed by atoms with Gasteiger partial charge in [0.2, 0.25) is 0 Å². The largest absolute Gasteiger partial charge is 0.495 e. The Morgan fingerprint density at radius 3 is 2.62 bits per heavy atom. The molecule has 3 aromatic heterocycles. The number of aryl methyl sites for hydroxylation is 2. The summed E-state index contributed by atoms with van der Waals surface area (Å²) in [6.07, 6.45) is 1.55. The summed E-state index contributed by atoms with van der Waals surface area (Å²) >= 11 is 0. The molecule has 4 rings (SSSR count). The van der Waals surface area contributed by atoms with Crippen molar-refractivity contribution >= 4 is 28.5 Å². The number of hydrogen-bond donors (Lipinski definition) is 1. The first-order valence-electron chi connectivity index (χ1n) is 9.89. The Bertz CT molecular complexity index is 1320. The van der Waals surface area contributed by atoms with E-state index in [1.807, 2.05) is 6.92 Å². The lowest BCUT2D eigenvalue weighted by Gasteiger charge is -2.15. The average molecular weight is 433 g/mol. The minimum Gasteiger partial charge on any atom is -0.495 e. The molecule has 0 saturated carbocycles. The molecule has 1 aromatic carbocycles. The predicted octanol–water partition coefficient (Wildman–Crippen LogP) is 3.50. The second kappa shape index (κ2) is 8.18. The fourth-order valence-electron chi connectivity index (χ4n) is 3.56. The van der Waals surface area contributed by atoms with Gasteiger partial charge in [-0.05, 0) is 43.3 Å². The third-order valence-electron chi connectivity index (χ3n) is 5.09. The van der Waals surface area contributed by atoms with Gasteiger partial charge in [0.05, 0.1) is 35.7 Å². The van der Waals surface area contributed by atoms with E-state index in [2.05, 4.69) is 15.4 Å². The summed E-state index contributed by atoms with van der Waals surface area (Å²) in [6, 6.07) is 10.1. The summed E-state index contributed by atoms with van der Waals surface area (Å²) < 4.78 is 12.5. The average Bonchev–Trinajstić information content (AvgIpc) is 3.41. The molecule has 0 aliphatic heterocycles. The highest BCUT2D eigenvalue weighted by Gasteiger charge is 2.21. The molecule has 164 valence electrons. The van der Waals surface area contributed by atoms with Crippen molar-refractivity contribution in [1.29, 1.82) is 0 Å². The van der Waals surface area contributed by atoms with E-state index in [0.717, 1.165) is 0 Å². The maximum absolute atomic E-state index is 13.4. The predicted molar refractivity (Wildman–Crippen MR) is 120 cm³/mol. The lowest BCUT2D eigenvalue weighted by Crippen LogP contribution is -2.22. The molecule has 4 aromatic rings. The fourth-order valence-corrected chi connectivity index (χ4v) is 3.56. The first kappa shape index (κ1) is 21.1. The molecule has 0 saturated heterocycles. The van der Waals surface area contributed by atoms with Gasteiger partial charge in [0, 0.05) is 26.7 Å². The van der Waals surface area contributed by atoms with Crippen LogP contribution in [0.15, 0.2) is 47.1 Å². The highest BCUT2D eigenvalue weighted by molar-refractivity contribution is 6.14. The van der Waals surface area contributed by atoms with Gasteiger partial charge in [0.15, 0.2) is 11.4 Å². The van der Waals surface area contributed by atoms with Crippen molar-refractivity contribution in [2.75, 3.05) is 26.5 Å². The topological polar surface area (TPSA) is 102 Å². The second-order valence-corrected chi connectivity index (χ2v) is 7.51. The first-order valence-corrected chi connectivity index (χ1v) is 9.89. The number of methoxy groups -OCH3 is 1. The number of nitrogens with one attached hydrogen (secondary N) is 1. The normalized spacial score (nSPS) is 10.9. The number of ether oxygens (including phenoxy) is 1. The van der Waals surface area contributed by atoms with Crippen LogP contribution in [0.25, 0.3) is 22.5 Å². The van der Waals surface area contributed by atoms with E-state index in [1.54, 1.807) is 68.5 Å². The van der Waals surface area contributed by atoms with Gasteiger partial charge < -0.3 is 19.4 Å². The van der Waals surface area contributed by atoms with Crippen LogP contribution in [0.4, 0.5) is 5.69 Å². The number of furan rings is 1. The zero-order valence-corrected chi connectivity index (χ0v) is 18.5. The number of aromatic nitrogens is 3. The highest BCUT2D eigenvalue weighted by Crippen LogP contribution is 2.30. The number of nitrogens with zero attached hydrogens (tertiary/aromatic N) is 4. The zero-order valence-electron chi connectivity index (χ0n) is 18.5. The van der Waals surface area contributed by atoms with Gasteiger partial charge in [-0.1, -0.05) is 0 Å². The Morgan fingerprint density at radius 2 is 1.97 bits per heavy atom. The molecule has 9 heteroatoms. The maximum atomic E-state index is 13.4. The molecule has 0 fully saturated rings. The van der Waals surface area contributed by atoms with E-state index >= 15 is 0 Å². The maximum Gasteiger partial charge on any atom is 0.256 e. The number of rotatable bonds is 5. The SMILES string of the molecule is COc1ccc(C(=O)N(C)C)cc1NC(=O)c1cc(-c2ccco2)nc2c1c(C)nn2C. The molecule has 9 nitrogen and oxygen atoms in total. The Morgan fingerprint density at radius 1 is 1.19 bits per heavy atom. The molecule has 32 heavy (non-hydrogen) atoms. The first-order chi connectivity index (χ1) is 15.3. The summed E-state index contributed by atoms with van der Waals surface area (Å²) in [5.41, 5.74) is 2.95. The molecule has 0 atom stereocenters. The van der Waals surface area contributed by atoms with Crippen LogP contribution in [-0.2, 0) is 7.05 Å². The number of hydrogen-bond acceptors (Lipinski definition) is 6. The van der Waals surface area contributed by atoms with E-state index in [4.69, 9.17) is 9.15 Å². The van der Waals surface area contributed by atoms with Crippen molar-refractivity contribution < 1.29 is 18.7 Å². The number of anilines is 1. The Hall–Kier alpha value is -4.14. The third kappa shape index (κ3) is 3.68. The molecular weight excluding hydrogens is 410 g/mol. The van der Waals surface area contributed by atoms with Crippen molar-refractivity contribution in [3.63, 3.8) is 0 Å². The van der Waals surface area contributed by atoms with E-state index in [9.17, 15) is 9.59 Å². The van der Waals surface area contributed by atoms with Crippen LogP contribution in [0.3, 0.4) is 0 Å². The Balaban J connectivity index is 1.81. The molecule has 0 aliphatic carbocycles. The molecule has 0 bridgehead atoms. The van der Waals surface area contributed by atoms with Gasteiger partial charge in [-0.25, -0.2) is 4.98 Å². The molecular formula is C23H23N5O4. The number of benzene rings is 1. The number of amides is 2. The minimum atomic E-state index is -0.381. The highest BCUT2D eigenvalue weighted by atomic mass is 16.5. The number of carbonyl (C=O) groups is 2. The van der Waals surface area contributed by atoms with Gasteiger partial charge in [0.1, 0.15) is 11.4 Å². The molecule has 2 amide bonds. The van der Waals surface area contributed by atoms with Crippen molar-refractivity contribution in [3.8, 4) is 17.2 Å². The van der Waals surface area contributed by atoms with Crippen molar-refractivity contribution in [2.24, 2.45) is 7.05 Å². The van der Waals surface area contributed by atoms with E-state index < -0.39 is 0 Å². The smallest absolute Gasteiger partial charge is 0.256 e. The van der Waals surface area contributed by atoms with Crippen LogP contribution >= 0.6 is 0 Å². The van der Waals surface area contributed by atoms with Gasteiger partial charge in [0.25, 0.3) is 11.8 Å². The Kier molecular flexibility index (Phi) is 5.40. The van der Waals surface area contributed by atoms with Crippen LogP contribution in [0.1, 0.15) is 26.4 Å². The Labute approximate surface area is 184 Å². The molecule has 0 radical (unpaired) electrons. The third-order valence-corrected chi connectivity index (χ3v) is 5.09. The van der Waals surface area contributed by atoms with Crippen molar-refractivity contribution in [1.82, 2.24) is 19.7 Å². The summed E-state index contributed by atoms with van der Waals surface area (Å²) in [5, 5.41) is 7.94. The van der Waals surface area contributed by atoms with Crippen molar-refractivity contribution in [3.05, 3.63) is 59.5 Å². The van der Waals surface area contributed by atoms with E-state index in [1.165, 1.54) is 12.0 Å². The summed E-state index contributed by atoms with van der Waals surface area (Å²) in [6.45, 7) is 1.82. The quantitative estimate of drug-likeness (QED) is 0.517. The van der Waals surface area contributed by atoms with Crippen LogP contribution in [0.5, 0.6) is 5.75 Å². The summed E-state index contributed by atoms with van der Waals surface area (Å²) in [4.78, 5) is 31.9. The summed E-state index contributed by atoms with van der Waals surface area (Å²) in [7, 11) is 6.61. The van der Waals surface area contributed by atoms with Crippen LogP contribution in [0, 0.1) is 6.92 Å². The van der Waals surface area contributed by atoms with Gasteiger partial charge in [-0.2, -0.15) is 5.10 Å². The molecule has 0 aliphatic rings. The standard InChI is InChI=1S/C23H23N5O4/c1-13-20-15(12-17(19-7-6-10-32-19)24-21(20)28(4)26-13)22(29)25-16-11-14(23(30)27(2)3)8-9-18(16)31-5/h6-12H,1-5H3,(H,25,29). The minimum absolute atomic E-state index is 0.183. The second-order valence-electron chi connectivity index (χ2n) is 7.51. The number of fused-ring (bicyclic) bond motifs is 1. The van der Waals surface area contributed by atoms with Crippen LogP contribution in [-0.4, -0.2) is 52.7 Å². The number of carbonyl (C=O) groups excluding carboxylic acids is 2. The molecule has 3 heterocycles. The van der Waals surface area contributed by atoms with Gasteiger partial charge >= 0.3 is 0 Å². The summed E-state index contributed by atoms with van der Waals surface area (Å²) in [5.74, 6) is 0.413. The van der Waals surface area contributed by atoms with Crippen LogP contribution < -0.4 is 10.1 Å². The van der Waals surface area contributed by atoms with Gasteiger partial charge in [-0.15, -0.1) is 0 Å². The van der Waals surface area contributed by atoms with E-state index in [-0.39, 0.29) is 11.8 Å². The molecule has 1 N–H and O–H groups in total. The molecule has 0 spiro atoms. The lowest BCUT2D eigenvalue weighted by atomic mass is 10.1.